The number of phosphoric ester groups is 2. The Morgan fingerprint density at radius 3 is 2.07 bits per heavy atom. The fourth-order valence-electron chi connectivity index (χ4n) is 2.31. The van der Waals surface area contributed by atoms with E-state index in [2.05, 4.69) is 13.4 Å². The van der Waals surface area contributed by atoms with Gasteiger partial charge >= 0.3 is 0 Å². The molecule has 29 heavy (non-hydrogen) atoms. The number of ether oxygens (including phenoxy) is 2. The van der Waals surface area contributed by atoms with Gasteiger partial charge in [-0.25, -0.2) is 4.31 Å². The zero-order valence-electron chi connectivity index (χ0n) is 14.4. The van der Waals surface area contributed by atoms with E-state index in [9.17, 15) is 44.4 Å². The molecule has 18 heteroatoms. The van der Waals surface area contributed by atoms with Crippen molar-refractivity contribution in [2.45, 2.75) is 49.0 Å². The van der Waals surface area contributed by atoms with Crippen molar-refractivity contribution in [1.82, 2.24) is 0 Å². The third-order valence-electron chi connectivity index (χ3n) is 3.80. The Morgan fingerprint density at radius 2 is 1.55 bits per heavy atom. The average molecular weight is 691 g/mol. The van der Waals surface area contributed by atoms with Gasteiger partial charge in [0.05, 0.1) is 25.4 Å². The van der Waals surface area contributed by atoms with E-state index in [1.54, 1.807) is 0 Å². The summed E-state index contributed by atoms with van der Waals surface area (Å²) in [6.45, 7) is -0.976. The molecule has 170 valence electrons. The van der Waals surface area contributed by atoms with Crippen LogP contribution in [0.2, 0.25) is 0 Å². The van der Waals surface area contributed by atoms with Crippen LogP contribution in [0.1, 0.15) is 0 Å². The van der Waals surface area contributed by atoms with Crippen molar-refractivity contribution in [3.63, 3.8) is 0 Å². The van der Waals surface area contributed by atoms with Crippen LogP contribution in [0.25, 0.3) is 0 Å². The van der Waals surface area contributed by atoms with E-state index in [4.69, 9.17) is 14.6 Å². The molecule has 2 fully saturated rings. The molecular weight excluding hydrogens is 672 g/mol. The summed E-state index contributed by atoms with van der Waals surface area (Å²) in [6.07, 6.45) is -13.9. The number of aliphatic hydroxyl groups excluding tert-OH is 6. The Hall–Kier alpha value is 0.992. The van der Waals surface area contributed by atoms with Crippen LogP contribution in [0.15, 0.2) is 0 Å². The van der Waals surface area contributed by atoms with Gasteiger partial charge < -0.3 is 54.4 Å². The Kier molecular flexibility index (Phi) is 10.8. The fourth-order valence-corrected chi connectivity index (χ4v) is 4.39. The van der Waals surface area contributed by atoms with Crippen LogP contribution in [0.3, 0.4) is 0 Å². The van der Waals surface area contributed by atoms with Crippen molar-refractivity contribution in [3.8, 4) is 0 Å². The SMILES string of the molecule is O=P([O-])(OC[C@H]1O[CH-]C(O)[C@H]1O)OP(=O)([O-])OC1OC(CO)C(O)C(O)C1O.[U]. The number of rotatable bonds is 8. The van der Waals surface area contributed by atoms with Crippen LogP contribution in [0, 0.1) is 37.7 Å². The minimum absolute atomic E-state index is 0. The van der Waals surface area contributed by atoms with Gasteiger partial charge in [0.15, 0.2) is 6.29 Å². The zero-order valence-corrected chi connectivity index (χ0v) is 20.3. The van der Waals surface area contributed by atoms with E-state index in [1.807, 2.05) is 0 Å². The van der Waals surface area contributed by atoms with Gasteiger partial charge in [-0.1, -0.05) is 0 Å². The van der Waals surface area contributed by atoms with Crippen LogP contribution in [-0.2, 0) is 32.0 Å². The predicted octanol–water partition coefficient (Wildman–Crippen LogP) is -4.94. The van der Waals surface area contributed by atoms with E-state index >= 15 is 0 Å². The van der Waals surface area contributed by atoms with E-state index in [0.717, 1.165) is 6.61 Å². The van der Waals surface area contributed by atoms with Crippen molar-refractivity contribution in [3.05, 3.63) is 6.61 Å². The zero-order chi connectivity index (χ0) is 21.3. The van der Waals surface area contributed by atoms with Gasteiger partial charge in [-0.3, -0.25) is 13.7 Å². The molecule has 0 bridgehead atoms. The van der Waals surface area contributed by atoms with Gasteiger partial charge in [-0.05, 0) is 6.10 Å². The first kappa shape index (κ1) is 28.0. The van der Waals surface area contributed by atoms with E-state index < -0.39 is 77.9 Å². The van der Waals surface area contributed by atoms with Crippen molar-refractivity contribution < 1.29 is 104 Å². The molecule has 0 radical (unpaired) electrons. The Labute approximate surface area is 187 Å². The summed E-state index contributed by atoms with van der Waals surface area (Å²) >= 11 is 0. The third kappa shape index (κ3) is 7.52. The Bertz CT molecular complexity index is 621. The van der Waals surface area contributed by atoms with Crippen molar-refractivity contribution in [2.75, 3.05) is 13.2 Å². The molecule has 0 spiro atoms. The summed E-state index contributed by atoms with van der Waals surface area (Å²) in [6, 6.07) is 0. The number of phosphoric acid groups is 2. The molecule has 0 aliphatic carbocycles. The molecule has 2 heterocycles. The topological polar surface area (TPSA) is 248 Å². The summed E-state index contributed by atoms with van der Waals surface area (Å²) in [7, 11) is -11.3. The third-order valence-corrected chi connectivity index (χ3v) is 6.33. The average Bonchev–Trinajstić information content (AvgIpc) is 2.91. The van der Waals surface area contributed by atoms with Crippen molar-refractivity contribution in [2.24, 2.45) is 0 Å². The van der Waals surface area contributed by atoms with Crippen LogP contribution >= 0.6 is 15.6 Å². The first-order chi connectivity index (χ1) is 12.9. The summed E-state index contributed by atoms with van der Waals surface area (Å²) in [4.78, 5) is 23.4. The van der Waals surface area contributed by atoms with Gasteiger partial charge in [0.1, 0.15) is 24.4 Å². The quantitative estimate of drug-likeness (QED) is 0.103. The Balaban J connectivity index is 0.00000420. The van der Waals surface area contributed by atoms with Gasteiger partial charge in [0, 0.05) is 31.1 Å². The molecule has 6 N–H and O–H groups in total. The van der Waals surface area contributed by atoms with Crippen molar-refractivity contribution in [1.29, 1.82) is 0 Å². The smallest absolute Gasteiger partial charge is 0.276 e. The molecule has 0 aromatic rings. The van der Waals surface area contributed by atoms with Gasteiger partial charge in [0.25, 0.3) is 15.6 Å². The number of hydrogen-bond acceptors (Lipinski definition) is 15. The predicted molar refractivity (Wildman–Crippen MR) is 78.3 cm³/mol. The second-order valence-corrected chi connectivity index (χ2v) is 8.78. The first-order valence-electron chi connectivity index (χ1n) is 7.68. The molecule has 15 nitrogen and oxygen atoms in total. The van der Waals surface area contributed by atoms with Gasteiger partial charge in [-0.15, -0.1) is 0 Å². The second kappa shape index (κ2) is 11.2. The summed E-state index contributed by atoms with van der Waals surface area (Å²) < 4.78 is 45.1. The monoisotopic (exact) mass is 691 g/mol. The maximum Gasteiger partial charge on any atom is 0.276 e. The van der Waals surface area contributed by atoms with Gasteiger partial charge in [-0.2, -0.15) is 6.61 Å². The molecule has 0 amide bonds. The number of hydrogen-bond donors (Lipinski definition) is 6. The molecule has 2 aliphatic heterocycles. The van der Waals surface area contributed by atoms with E-state index in [1.165, 1.54) is 0 Å². The molecule has 8 unspecified atom stereocenters. The Morgan fingerprint density at radius 1 is 0.931 bits per heavy atom. The minimum atomic E-state index is -5.76. The molecule has 2 rings (SSSR count). The summed E-state index contributed by atoms with van der Waals surface area (Å²) in [5.41, 5.74) is 0. The molecule has 0 aromatic heterocycles. The van der Waals surface area contributed by atoms with Crippen molar-refractivity contribution >= 4 is 15.6 Å². The molecule has 2 aliphatic rings. The first-order valence-corrected chi connectivity index (χ1v) is 10.6. The largest absolute Gasteiger partial charge is 0.756 e. The molecule has 2 saturated heterocycles. The normalized spacial score (nSPS) is 41.9. The van der Waals surface area contributed by atoms with Crippen LogP contribution in [0.5, 0.6) is 0 Å². The summed E-state index contributed by atoms with van der Waals surface area (Å²) in [5, 5.41) is 56.5. The number of aliphatic hydroxyl groups is 6. The maximum absolute atomic E-state index is 11.8. The fraction of sp³-hybridized carbons (Fsp3) is 0.909. The molecule has 0 saturated carbocycles. The van der Waals surface area contributed by atoms with E-state index in [0.29, 0.717) is 0 Å². The van der Waals surface area contributed by atoms with Crippen LogP contribution in [0.4, 0.5) is 0 Å². The maximum atomic E-state index is 11.8. The van der Waals surface area contributed by atoms with Crippen LogP contribution in [-0.4, -0.2) is 92.9 Å². The molecular formula is C11H19O15P2U-3. The minimum Gasteiger partial charge on any atom is -0.756 e. The molecule has 10 atom stereocenters. The molecule has 0 aromatic carbocycles. The van der Waals surface area contributed by atoms with Crippen LogP contribution < -0.4 is 9.79 Å². The van der Waals surface area contributed by atoms with E-state index in [-0.39, 0.29) is 31.1 Å². The second-order valence-electron chi connectivity index (χ2n) is 5.87. The standard InChI is InChI=1S/C11H21O15P2.U/c12-1-5-8(15)9(16)10(17)11(24-5)25-28(20,21)26-27(18,19)23-3-6-7(14)4(13)2-22-6;/h2,4-17H,1,3H2,(H,18,19)(H,20,21);/q-1;/p-2/t4?,5?,6-,7-,8?,9?,10?,11?;/m1./s1. The van der Waals surface area contributed by atoms with Gasteiger partial charge in [0.2, 0.25) is 0 Å². The summed E-state index contributed by atoms with van der Waals surface area (Å²) in [5.74, 6) is 0.